The third kappa shape index (κ3) is 3.20. The van der Waals surface area contributed by atoms with Crippen LogP contribution in [0.15, 0.2) is 45.3 Å². The molecule has 0 aliphatic heterocycles. The number of nitrogens with one attached hydrogen (secondary N) is 1. The Labute approximate surface area is 162 Å². The fraction of sp³-hybridized carbons (Fsp3) is 0.222. The highest BCUT2D eigenvalue weighted by molar-refractivity contribution is 8.01. The first kappa shape index (κ1) is 16.2. The van der Waals surface area contributed by atoms with Gasteiger partial charge in [-0.3, -0.25) is 0 Å². The molecule has 26 heavy (non-hydrogen) atoms. The minimum Gasteiger partial charge on any atom is -0.357 e. The molecule has 0 unspecified atom stereocenters. The van der Waals surface area contributed by atoms with Gasteiger partial charge >= 0.3 is 0 Å². The van der Waals surface area contributed by atoms with Crippen molar-refractivity contribution >= 4 is 49.8 Å². The van der Waals surface area contributed by atoms with Gasteiger partial charge in [-0.2, -0.15) is 0 Å². The summed E-state index contributed by atoms with van der Waals surface area (Å²) in [5.74, 6) is 0. The molecule has 3 heterocycles. The summed E-state index contributed by atoms with van der Waals surface area (Å²) in [6, 6.07) is 9.16. The van der Waals surface area contributed by atoms with E-state index in [-0.39, 0.29) is 0 Å². The highest BCUT2D eigenvalue weighted by Gasteiger charge is 2.23. The van der Waals surface area contributed by atoms with Gasteiger partial charge in [0.2, 0.25) is 5.13 Å². The summed E-state index contributed by atoms with van der Waals surface area (Å²) >= 11 is 4.80. The first-order valence-electron chi connectivity index (χ1n) is 8.33. The van der Waals surface area contributed by atoms with Crippen LogP contribution in [0.2, 0.25) is 0 Å². The lowest BCUT2D eigenvalue weighted by Crippen LogP contribution is -1.99. The maximum Gasteiger partial charge on any atom is 0.206 e. The number of hydrogen-bond donors (Lipinski definition) is 1. The number of nitrogens with zero attached hydrogens (tertiary/aromatic N) is 4. The van der Waals surface area contributed by atoms with Gasteiger partial charge in [0.05, 0.1) is 5.39 Å². The van der Waals surface area contributed by atoms with Gasteiger partial charge in [0.15, 0.2) is 4.34 Å². The topological polar surface area (TPSA) is 63.6 Å². The van der Waals surface area contributed by atoms with Crippen molar-refractivity contribution in [2.24, 2.45) is 0 Å². The van der Waals surface area contributed by atoms with E-state index in [2.05, 4.69) is 62.1 Å². The maximum absolute atomic E-state index is 4.54. The number of benzene rings is 1. The highest BCUT2D eigenvalue weighted by Crippen LogP contribution is 2.41. The molecule has 0 atom stereocenters. The summed E-state index contributed by atoms with van der Waals surface area (Å²) in [4.78, 5) is 9.99. The molecule has 3 aromatic heterocycles. The molecule has 1 aliphatic rings. The van der Waals surface area contributed by atoms with E-state index in [1.165, 1.54) is 29.5 Å². The molecule has 1 aromatic carbocycles. The Bertz CT molecular complexity index is 1070. The van der Waals surface area contributed by atoms with Crippen molar-refractivity contribution in [2.45, 2.75) is 35.2 Å². The summed E-state index contributed by atoms with van der Waals surface area (Å²) in [5, 5.41) is 17.0. The predicted molar refractivity (Wildman–Crippen MR) is 108 cm³/mol. The third-order valence-corrected chi connectivity index (χ3v) is 6.99. The minimum absolute atomic E-state index is 0.580. The van der Waals surface area contributed by atoms with Crippen LogP contribution < -0.4 is 5.32 Å². The number of anilines is 1. The van der Waals surface area contributed by atoms with Crippen molar-refractivity contribution in [1.82, 2.24) is 20.2 Å². The van der Waals surface area contributed by atoms with Crippen LogP contribution in [0.3, 0.4) is 0 Å². The van der Waals surface area contributed by atoms with E-state index in [0.717, 1.165) is 24.7 Å². The van der Waals surface area contributed by atoms with Gasteiger partial charge in [0.1, 0.15) is 16.2 Å². The Morgan fingerprint density at radius 2 is 1.96 bits per heavy atom. The maximum atomic E-state index is 4.54. The fourth-order valence-corrected chi connectivity index (χ4v) is 5.50. The quantitative estimate of drug-likeness (QED) is 0.464. The van der Waals surface area contributed by atoms with E-state index in [0.29, 0.717) is 6.04 Å². The van der Waals surface area contributed by atoms with Gasteiger partial charge in [-0.05, 0) is 37.1 Å². The van der Waals surface area contributed by atoms with Gasteiger partial charge < -0.3 is 5.32 Å². The van der Waals surface area contributed by atoms with Crippen molar-refractivity contribution < 1.29 is 0 Å². The first-order chi connectivity index (χ1) is 12.8. The molecule has 1 saturated carbocycles. The Morgan fingerprint density at radius 3 is 2.77 bits per heavy atom. The summed E-state index contributed by atoms with van der Waals surface area (Å²) in [6.07, 6.45) is 4.08. The van der Waals surface area contributed by atoms with Gasteiger partial charge in [0, 0.05) is 17.0 Å². The Morgan fingerprint density at radius 1 is 1.12 bits per heavy atom. The van der Waals surface area contributed by atoms with Crippen molar-refractivity contribution in [3.63, 3.8) is 0 Å². The standard InChI is InChI=1S/C18H15N5S3/c1-10-2-4-11(5-3-10)13-8-24-15-14(13)16(20-9-19-15)25-18-23-22-17(26-18)21-12-6-7-12/h2-5,8-9,12H,6-7H2,1H3,(H,21,22). The van der Waals surface area contributed by atoms with E-state index in [4.69, 9.17) is 0 Å². The number of rotatable bonds is 5. The first-order valence-corrected chi connectivity index (χ1v) is 10.8. The molecular weight excluding hydrogens is 382 g/mol. The zero-order chi connectivity index (χ0) is 17.5. The van der Waals surface area contributed by atoms with Crippen molar-refractivity contribution in [2.75, 3.05) is 5.32 Å². The molecule has 5 rings (SSSR count). The van der Waals surface area contributed by atoms with Crippen LogP contribution in [0.5, 0.6) is 0 Å². The van der Waals surface area contributed by atoms with Crippen LogP contribution in [0, 0.1) is 6.92 Å². The molecule has 8 heteroatoms. The average Bonchev–Trinajstić information content (AvgIpc) is 3.17. The molecule has 5 nitrogen and oxygen atoms in total. The molecule has 130 valence electrons. The van der Waals surface area contributed by atoms with Crippen LogP contribution in [-0.2, 0) is 0 Å². The molecule has 0 radical (unpaired) electrons. The molecule has 0 bridgehead atoms. The monoisotopic (exact) mass is 397 g/mol. The summed E-state index contributed by atoms with van der Waals surface area (Å²) in [7, 11) is 0. The van der Waals surface area contributed by atoms with Crippen LogP contribution in [0.4, 0.5) is 5.13 Å². The lowest BCUT2D eigenvalue weighted by Gasteiger charge is -2.04. The van der Waals surface area contributed by atoms with Crippen molar-refractivity contribution in [3.8, 4) is 11.1 Å². The number of fused-ring (bicyclic) bond motifs is 1. The average molecular weight is 398 g/mol. The molecule has 0 saturated heterocycles. The van der Waals surface area contributed by atoms with Crippen LogP contribution in [0.25, 0.3) is 21.3 Å². The van der Waals surface area contributed by atoms with Gasteiger partial charge in [-0.25, -0.2) is 9.97 Å². The molecular formula is C18H15N5S3. The predicted octanol–water partition coefficient (Wildman–Crippen LogP) is 5.24. The van der Waals surface area contributed by atoms with E-state index in [1.807, 2.05) is 0 Å². The van der Waals surface area contributed by atoms with Gasteiger partial charge in [-0.15, -0.1) is 21.5 Å². The van der Waals surface area contributed by atoms with Crippen LogP contribution >= 0.6 is 34.4 Å². The highest BCUT2D eigenvalue weighted by atomic mass is 32.2. The second-order valence-electron chi connectivity index (χ2n) is 6.27. The number of thiophene rings is 1. The minimum atomic E-state index is 0.580. The lowest BCUT2D eigenvalue weighted by atomic mass is 10.1. The second-order valence-corrected chi connectivity index (χ2v) is 9.34. The third-order valence-electron chi connectivity index (χ3n) is 4.19. The number of aromatic nitrogens is 4. The Hall–Kier alpha value is -2.03. The Balaban J connectivity index is 1.51. The van der Waals surface area contributed by atoms with E-state index in [1.54, 1.807) is 40.8 Å². The molecule has 1 N–H and O–H groups in total. The second kappa shape index (κ2) is 6.61. The zero-order valence-corrected chi connectivity index (χ0v) is 16.4. The molecule has 0 spiro atoms. The van der Waals surface area contributed by atoms with Gasteiger partial charge in [0.25, 0.3) is 0 Å². The van der Waals surface area contributed by atoms with Crippen molar-refractivity contribution in [1.29, 1.82) is 0 Å². The smallest absolute Gasteiger partial charge is 0.206 e. The van der Waals surface area contributed by atoms with E-state index in [9.17, 15) is 0 Å². The lowest BCUT2D eigenvalue weighted by molar-refractivity contribution is 0.991. The molecule has 1 aliphatic carbocycles. The zero-order valence-electron chi connectivity index (χ0n) is 14.0. The molecule has 0 amide bonds. The number of hydrogen-bond acceptors (Lipinski definition) is 8. The summed E-state index contributed by atoms with van der Waals surface area (Å²) < 4.78 is 0.897. The largest absolute Gasteiger partial charge is 0.357 e. The number of aryl methyl sites for hydroxylation is 1. The van der Waals surface area contributed by atoms with Gasteiger partial charge in [-0.1, -0.05) is 41.2 Å². The van der Waals surface area contributed by atoms with Crippen molar-refractivity contribution in [3.05, 3.63) is 41.5 Å². The SMILES string of the molecule is Cc1ccc(-c2csc3ncnc(Sc4nnc(NC5CC5)s4)c23)cc1. The van der Waals surface area contributed by atoms with Crippen LogP contribution in [0.1, 0.15) is 18.4 Å². The summed E-state index contributed by atoms with van der Waals surface area (Å²) in [6.45, 7) is 2.10. The molecule has 1 fully saturated rings. The fourth-order valence-electron chi connectivity index (χ4n) is 2.66. The molecule has 4 aromatic rings. The van der Waals surface area contributed by atoms with E-state index < -0.39 is 0 Å². The normalized spacial score (nSPS) is 14.0. The van der Waals surface area contributed by atoms with Crippen LogP contribution in [-0.4, -0.2) is 26.2 Å². The van der Waals surface area contributed by atoms with E-state index >= 15 is 0 Å². The summed E-state index contributed by atoms with van der Waals surface area (Å²) in [5.41, 5.74) is 3.62. The Kier molecular flexibility index (Phi) is 4.11.